The van der Waals surface area contributed by atoms with Gasteiger partial charge < -0.3 is 15.2 Å². The fourth-order valence-electron chi connectivity index (χ4n) is 1.94. The largest absolute Gasteiger partial charge is 0.486 e. The third kappa shape index (κ3) is 3.83. The molecule has 0 bridgehead atoms. The summed E-state index contributed by atoms with van der Waals surface area (Å²) in [6.07, 6.45) is -0.288. The summed E-state index contributed by atoms with van der Waals surface area (Å²) in [4.78, 5) is 0. The molecule has 19 heavy (non-hydrogen) atoms. The van der Waals surface area contributed by atoms with Gasteiger partial charge in [-0.2, -0.15) is 0 Å². The normalized spacial score (nSPS) is 12.6. The van der Waals surface area contributed by atoms with Crippen molar-refractivity contribution in [3.05, 3.63) is 41.4 Å². The highest BCUT2D eigenvalue weighted by Crippen LogP contribution is 2.32. The van der Waals surface area contributed by atoms with Gasteiger partial charge in [-0.05, 0) is 18.4 Å². The van der Waals surface area contributed by atoms with Crippen LogP contribution in [0.15, 0.2) is 36.4 Å². The van der Waals surface area contributed by atoms with Gasteiger partial charge in [0.2, 0.25) is 0 Å². The van der Waals surface area contributed by atoms with E-state index in [1.165, 1.54) is 0 Å². The molecule has 0 radical (unpaired) electrons. The number of aliphatic hydroxyl groups excluding tert-OH is 1. The van der Waals surface area contributed by atoms with E-state index in [1.807, 2.05) is 41.7 Å². The number of hydrogen-bond donors (Lipinski definition) is 2. The van der Waals surface area contributed by atoms with E-state index < -0.39 is 0 Å². The summed E-state index contributed by atoms with van der Waals surface area (Å²) in [6, 6.07) is 11.9. The topological polar surface area (TPSA) is 46.1 Å². The van der Waals surface area contributed by atoms with Crippen molar-refractivity contribution in [2.24, 2.45) is 0 Å². The standard InChI is InChI=1S/C15H18ClNO2/c1-11(18)10-17-8-9-19-14-7-6-12-4-2-3-5-13(12)15(14)16/h2-7,11,17-18H,8-10H2,1H3/p+1/t11-/m0/s1. The van der Waals surface area contributed by atoms with Gasteiger partial charge in [0, 0.05) is 5.39 Å². The fraction of sp³-hybridized carbons (Fsp3) is 0.333. The first kappa shape index (κ1) is 14.1. The van der Waals surface area contributed by atoms with Crippen LogP contribution in [0, 0.1) is 0 Å². The van der Waals surface area contributed by atoms with E-state index >= 15 is 0 Å². The van der Waals surface area contributed by atoms with Gasteiger partial charge in [-0.15, -0.1) is 0 Å². The molecule has 0 heterocycles. The Morgan fingerprint density at radius 3 is 2.84 bits per heavy atom. The van der Waals surface area contributed by atoms with Gasteiger partial charge in [-0.25, -0.2) is 0 Å². The predicted octanol–water partition coefficient (Wildman–Crippen LogP) is 1.82. The number of halogens is 1. The summed E-state index contributed by atoms with van der Waals surface area (Å²) >= 11 is 6.33. The monoisotopic (exact) mass is 280 g/mol. The summed E-state index contributed by atoms with van der Waals surface area (Å²) in [7, 11) is 0. The van der Waals surface area contributed by atoms with Crippen LogP contribution in [-0.4, -0.2) is 30.9 Å². The van der Waals surface area contributed by atoms with Crippen molar-refractivity contribution in [3.8, 4) is 5.75 Å². The van der Waals surface area contributed by atoms with E-state index in [1.54, 1.807) is 6.92 Å². The average molecular weight is 281 g/mol. The summed E-state index contributed by atoms with van der Waals surface area (Å²) in [6.45, 7) is 3.84. The second-order valence-electron chi connectivity index (χ2n) is 4.61. The van der Waals surface area contributed by atoms with Crippen LogP contribution in [0.25, 0.3) is 10.8 Å². The Morgan fingerprint density at radius 2 is 2.05 bits per heavy atom. The number of fused-ring (bicyclic) bond motifs is 1. The van der Waals surface area contributed by atoms with Crippen LogP contribution < -0.4 is 10.1 Å². The first-order valence-corrected chi connectivity index (χ1v) is 6.86. The van der Waals surface area contributed by atoms with Gasteiger partial charge in [0.15, 0.2) is 0 Å². The van der Waals surface area contributed by atoms with Crippen molar-refractivity contribution in [3.63, 3.8) is 0 Å². The summed E-state index contributed by atoms with van der Waals surface area (Å²) in [5.41, 5.74) is 0. The average Bonchev–Trinajstić information content (AvgIpc) is 2.41. The van der Waals surface area contributed by atoms with Crippen molar-refractivity contribution in [1.29, 1.82) is 0 Å². The molecule has 0 spiro atoms. The van der Waals surface area contributed by atoms with E-state index in [9.17, 15) is 0 Å². The van der Waals surface area contributed by atoms with Crippen LogP contribution in [-0.2, 0) is 0 Å². The van der Waals surface area contributed by atoms with Crippen molar-refractivity contribution < 1.29 is 15.2 Å². The van der Waals surface area contributed by atoms with Gasteiger partial charge in [0.1, 0.15) is 25.4 Å². The molecule has 4 heteroatoms. The molecule has 0 aromatic heterocycles. The minimum Gasteiger partial charge on any atom is -0.486 e. The zero-order valence-corrected chi connectivity index (χ0v) is 11.7. The molecule has 0 unspecified atom stereocenters. The molecular weight excluding hydrogens is 262 g/mol. The van der Waals surface area contributed by atoms with Gasteiger partial charge in [-0.3, -0.25) is 0 Å². The molecule has 0 saturated heterocycles. The first-order valence-electron chi connectivity index (χ1n) is 6.48. The number of hydrogen-bond acceptors (Lipinski definition) is 2. The first-order chi connectivity index (χ1) is 9.18. The second-order valence-corrected chi connectivity index (χ2v) is 4.99. The van der Waals surface area contributed by atoms with Gasteiger partial charge >= 0.3 is 0 Å². The highest BCUT2D eigenvalue weighted by atomic mass is 35.5. The van der Waals surface area contributed by atoms with E-state index in [2.05, 4.69) is 0 Å². The second kappa shape index (κ2) is 6.75. The molecule has 0 aliphatic carbocycles. The van der Waals surface area contributed by atoms with Crippen molar-refractivity contribution >= 4 is 22.4 Å². The Bertz CT molecular complexity index is 543. The third-order valence-electron chi connectivity index (χ3n) is 2.92. The van der Waals surface area contributed by atoms with Crippen LogP contribution >= 0.6 is 11.6 Å². The zero-order chi connectivity index (χ0) is 13.7. The summed E-state index contributed by atoms with van der Waals surface area (Å²) < 4.78 is 5.68. The number of aliphatic hydroxyl groups is 1. The minimum atomic E-state index is -0.288. The van der Waals surface area contributed by atoms with E-state index in [-0.39, 0.29) is 6.10 Å². The molecule has 0 aliphatic rings. The lowest BCUT2D eigenvalue weighted by molar-refractivity contribution is -0.661. The van der Waals surface area contributed by atoms with Crippen LogP contribution in [0.1, 0.15) is 6.92 Å². The Kier molecular flexibility index (Phi) is 5.02. The highest BCUT2D eigenvalue weighted by molar-refractivity contribution is 6.37. The van der Waals surface area contributed by atoms with E-state index in [0.717, 1.165) is 17.3 Å². The number of benzene rings is 2. The van der Waals surface area contributed by atoms with Crippen molar-refractivity contribution in [2.75, 3.05) is 19.7 Å². The molecule has 0 amide bonds. The Hall–Kier alpha value is -1.29. The highest BCUT2D eigenvalue weighted by Gasteiger charge is 2.06. The molecule has 2 aromatic rings. The lowest BCUT2D eigenvalue weighted by atomic mass is 10.1. The zero-order valence-electron chi connectivity index (χ0n) is 11.0. The number of nitrogens with two attached hydrogens (primary N) is 1. The molecule has 0 aliphatic heterocycles. The molecule has 2 aromatic carbocycles. The lowest BCUT2D eigenvalue weighted by Crippen LogP contribution is -2.87. The number of quaternary nitrogens is 1. The Morgan fingerprint density at radius 1 is 1.26 bits per heavy atom. The SMILES string of the molecule is C[C@H](O)C[NH2+]CCOc1ccc2ccccc2c1Cl. The molecule has 1 atom stereocenters. The predicted molar refractivity (Wildman–Crippen MR) is 77.8 cm³/mol. The fourth-order valence-corrected chi connectivity index (χ4v) is 2.23. The molecule has 3 N–H and O–H groups in total. The van der Waals surface area contributed by atoms with Crippen LogP contribution in [0.5, 0.6) is 5.75 Å². The van der Waals surface area contributed by atoms with Crippen LogP contribution in [0.2, 0.25) is 5.02 Å². The van der Waals surface area contributed by atoms with Gasteiger partial charge in [0.05, 0.1) is 11.1 Å². The summed E-state index contributed by atoms with van der Waals surface area (Å²) in [5.74, 6) is 0.714. The molecule has 102 valence electrons. The number of ether oxygens (including phenoxy) is 1. The minimum absolute atomic E-state index is 0.288. The van der Waals surface area contributed by atoms with Gasteiger partial charge in [0.25, 0.3) is 0 Å². The van der Waals surface area contributed by atoms with E-state index in [4.69, 9.17) is 21.4 Å². The number of rotatable bonds is 6. The lowest BCUT2D eigenvalue weighted by Gasteiger charge is -2.10. The smallest absolute Gasteiger partial charge is 0.138 e. The van der Waals surface area contributed by atoms with E-state index in [0.29, 0.717) is 23.9 Å². The Balaban J connectivity index is 1.96. The molecule has 3 nitrogen and oxygen atoms in total. The maximum absolute atomic E-state index is 9.14. The van der Waals surface area contributed by atoms with Crippen LogP contribution in [0.3, 0.4) is 0 Å². The van der Waals surface area contributed by atoms with Crippen LogP contribution in [0.4, 0.5) is 0 Å². The molecule has 0 fully saturated rings. The molecular formula is C15H19ClNO2+. The maximum atomic E-state index is 9.14. The summed E-state index contributed by atoms with van der Waals surface area (Å²) in [5, 5.41) is 13.9. The van der Waals surface area contributed by atoms with Crippen molar-refractivity contribution in [2.45, 2.75) is 13.0 Å². The maximum Gasteiger partial charge on any atom is 0.138 e. The van der Waals surface area contributed by atoms with Crippen molar-refractivity contribution in [1.82, 2.24) is 0 Å². The third-order valence-corrected chi connectivity index (χ3v) is 3.31. The Labute approximate surface area is 118 Å². The molecule has 2 rings (SSSR count). The quantitative estimate of drug-likeness (QED) is 0.793. The molecule has 0 saturated carbocycles. The van der Waals surface area contributed by atoms with Gasteiger partial charge in [-0.1, -0.05) is 41.9 Å².